The van der Waals surface area contributed by atoms with E-state index in [0.717, 1.165) is 44.0 Å². The number of carbonyl (C=O) groups excluding carboxylic acids is 2. The lowest BCUT2D eigenvalue weighted by molar-refractivity contribution is -0.144. The SMILES string of the molecule is O=C(NCC1CCCO1)C(c1ccccc1F)N(C(=O)Cn1nnc2ccccc21)C1CCCC1. The van der Waals surface area contributed by atoms with Crippen LogP contribution in [0.25, 0.3) is 11.0 Å². The molecule has 5 rings (SSSR count). The summed E-state index contributed by atoms with van der Waals surface area (Å²) in [6.07, 6.45) is 5.23. The van der Waals surface area contributed by atoms with Crippen molar-refractivity contribution in [3.05, 3.63) is 59.9 Å². The first-order valence-corrected chi connectivity index (χ1v) is 12.3. The smallest absolute Gasteiger partial charge is 0.247 e. The van der Waals surface area contributed by atoms with Gasteiger partial charge in [-0.05, 0) is 43.9 Å². The Kier molecular flexibility index (Phi) is 7.03. The Hall–Kier alpha value is -3.33. The molecule has 1 aliphatic heterocycles. The van der Waals surface area contributed by atoms with Gasteiger partial charge in [0.25, 0.3) is 0 Å². The second kappa shape index (κ2) is 10.5. The van der Waals surface area contributed by atoms with Crippen LogP contribution >= 0.6 is 0 Å². The van der Waals surface area contributed by atoms with Crippen LogP contribution < -0.4 is 5.32 Å². The van der Waals surface area contributed by atoms with Crippen molar-refractivity contribution in [2.24, 2.45) is 0 Å². The normalized spacial score (nSPS) is 19.2. The van der Waals surface area contributed by atoms with Gasteiger partial charge in [0.1, 0.15) is 23.9 Å². The van der Waals surface area contributed by atoms with E-state index < -0.39 is 17.8 Å². The van der Waals surface area contributed by atoms with Crippen molar-refractivity contribution >= 4 is 22.8 Å². The maximum Gasteiger partial charge on any atom is 0.247 e. The van der Waals surface area contributed by atoms with Gasteiger partial charge in [-0.25, -0.2) is 9.07 Å². The molecule has 1 saturated heterocycles. The minimum Gasteiger partial charge on any atom is -0.376 e. The molecule has 1 aromatic heterocycles. The van der Waals surface area contributed by atoms with Crippen LogP contribution in [0.2, 0.25) is 0 Å². The summed E-state index contributed by atoms with van der Waals surface area (Å²) in [5.41, 5.74) is 1.62. The highest BCUT2D eigenvalue weighted by Crippen LogP contribution is 2.33. The molecule has 184 valence electrons. The maximum atomic E-state index is 15.1. The standard InChI is InChI=1S/C26H30FN5O3/c27-21-12-4-3-11-20(21)25(26(34)28-16-19-10-7-15-35-19)32(18-8-1-2-9-18)24(33)17-31-23-14-6-5-13-22(23)29-30-31/h3-6,11-14,18-19,25H,1-2,7-10,15-17H2,(H,28,34). The summed E-state index contributed by atoms with van der Waals surface area (Å²) in [5, 5.41) is 11.2. The summed E-state index contributed by atoms with van der Waals surface area (Å²) in [7, 11) is 0. The Morgan fingerprint density at radius 1 is 1.09 bits per heavy atom. The van der Waals surface area contributed by atoms with Crippen LogP contribution in [0.4, 0.5) is 4.39 Å². The van der Waals surface area contributed by atoms with Crippen molar-refractivity contribution in [2.75, 3.05) is 13.2 Å². The molecule has 9 heteroatoms. The number of fused-ring (bicyclic) bond motifs is 1. The first kappa shape index (κ1) is 23.4. The zero-order valence-electron chi connectivity index (χ0n) is 19.6. The molecule has 2 heterocycles. The molecule has 0 radical (unpaired) electrons. The molecule has 1 aliphatic carbocycles. The van der Waals surface area contributed by atoms with Crippen molar-refractivity contribution in [3.8, 4) is 0 Å². The van der Waals surface area contributed by atoms with E-state index in [-0.39, 0.29) is 30.2 Å². The fourth-order valence-corrected chi connectivity index (χ4v) is 5.22. The molecular formula is C26H30FN5O3. The lowest BCUT2D eigenvalue weighted by atomic mass is 10.00. The van der Waals surface area contributed by atoms with Gasteiger partial charge in [0, 0.05) is 24.8 Å². The minimum absolute atomic E-state index is 0.0580. The van der Waals surface area contributed by atoms with Gasteiger partial charge < -0.3 is 15.0 Å². The predicted octanol–water partition coefficient (Wildman–Crippen LogP) is 3.38. The second-order valence-electron chi connectivity index (χ2n) is 9.28. The zero-order chi connectivity index (χ0) is 24.2. The average Bonchev–Trinajstić information content (AvgIpc) is 3.64. The number of benzene rings is 2. The van der Waals surface area contributed by atoms with Crippen molar-refractivity contribution < 1.29 is 18.7 Å². The molecule has 8 nitrogen and oxygen atoms in total. The molecule has 2 fully saturated rings. The van der Waals surface area contributed by atoms with Crippen LogP contribution in [0, 0.1) is 5.82 Å². The Morgan fingerprint density at radius 2 is 1.86 bits per heavy atom. The summed E-state index contributed by atoms with van der Waals surface area (Å²) < 4.78 is 22.3. The van der Waals surface area contributed by atoms with Crippen LogP contribution in [0.1, 0.15) is 50.1 Å². The summed E-state index contributed by atoms with van der Waals surface area (Å²) in [6.45, 7) is 0.932. The summed E-state index contributed by atoms with van der Waals surface area (Å²) in [4.78, 5) is 29.0. The number of rotatable bonds is 8. The highest BCUT2D eigenvalue weighted by molar-refractivity contribution is 5.89. The van der Waals surface area contributed by atoms with Crippen molar-refractivity contribution in [1.82, 2.24) is 25.2 Å². The van der Waals surface area contributed by atoms with Crippen LogP contribution in [0.5, 0.6) is 0 Å². The number of hydrogen-bond donors (Lipinski definition) is 1. The molecule has 1 saturated carbocycles. The molecule has 2 amide bonds. The summed E-state index contributed by atoms with van der Waals surface area (Å²) in [5.74, 6) is -1.19. The van der Waals surface area contributed by atoms with Gasteiger partial charge in [-0.2, -0.15) is 0 Å². The van der Waals surface area contributed by atoms with E-state index in [1.54, 1.807) is 27.8 Å². The van der Waals surface area contributed by atoms with Crippen molar-refractivity contribution in [1.29, 1.82) is 0 Å². The van der Waals surface area contributed by atoms with Crippen molar-refractivity contribution in [2.45, 2.75) is 63.3 Å². The van der Waals surface area contributed by atoms with Gasteiger partial charge >= 0.3 is 0 Å². The van der Waals surface area contributed by atoms with Crippen LogP contribution in [0.3, 0.4) is 0 Å². The number of halogens is 1. The highest BCUT2D eigenvalue weighted by atomic mass is 19.1. The lowest BCUT2D eigenvalue weighted by Gasteiger charge is -2.36. The monoisotopic (exact) mass is 479 g/mol. The lowest BCUT2D eigenvalue weighted by Crippen LogP contribution is -2.50. The van der Waals surface area contributed by atoms with E-state index in [9.17, 15) is 9.59 Å². The van der Waals surface area contributed by atoms with Gasteiger partial charge in [0.15, 0.2) is 0 Å². The van der Waals surface area contributed by atoms with Gasteiger partial charge in [-0.1, -0.05) is 48.4 Å². The number of aromatic nitrogens is 3. The van der Waals surface area contributed by atoms with Gasteiger partial charge in [0.2, 0.25) is 11.8 Å². The Bertz CT molecular complexity index is 1190. The Labute approximate surface area is 203 Å². The van der Waals surface area contributed by atoms with Crippen LogP contribution in [0.15, 0.2) is 48.5 Å². The topological polar surface area (TPSA) is 89.4 Å². The molecule has 2 aliphatic rings. The van der Waals surface area contributed by atoms with Gasteiger partial charge in [-0.3, -0.25) is 9.59 Å². The summed E-state index contributed by atoms with van der Waals surface area (Å²) >= 11 is 0. The fraction of sp³-hybridized carbons (Fsp3) is 0.462. The van der Waals surface area contributed by atoms with E-state index in [0.29, 0.717) is 18.7 Å². The Balaban J connectivity index is 1.47. The molecule has 35 heavy (non-hydrogen) atoms. The highest BCUT2D eigenvalue weighted by Gasteiger charge is 2.39. The largest absolute Gasteiger partial charge is 0.376 e. The number of para-hydroxylation sites is 1. The molecule has 2 aromatic carbocycles. The van der Waals surface area contributed by atoms with E-state index in [2.05, 4.69) is 15.6 Å². The van der Waals surface area contributed by atoms with E-state index in [1.165, 1.54) is 6.07 Å². The Morgan fingerprint density at radius 3 is 2.63 bits per heavy atom. The number of nitrogens with zero attached hydrogens (tertiary/aromatic N) is 4. The molecule has 0 bridgehead atoms. The number of amides is 2. The zero-order valence-corrected chi connectivity index (χ0v) is 19.6. The first-order chi connectivity index (χ1) is 17.1. The molecule has 2 atom stereocenters. The fourth-order valence-electron chi connectivity index (χ4n) is 5.22. The molecular weight excluding hydrogens is 449 g/mol. The first-order valence-electron chi connectivity index (χ1n) is 12.3. The predicted molar refractivity (Wildman–Crippen MR) is 128 cm³/mol. The summed E-state index contributed by atoms with van der Waals surface area (Å²) in [6, 6.07) is 12.4. The number of hydrogen-bond acceptors (Lipinski definition) is 5. The molecule has 3 aromatic rings. The molecule has 1 N–H and O–H groups in total. The minimum atomic E-state index is -1.08. The third kappa shape index (κ3) is 5.05. The quantitative estimate of drug-likeness (QED) is 0.535. The maximum absolute atomic E-state index is 15.1. The second-order valence-corrected chi connectivity index (χ2v) is 9.28. The third-order valence-electron chi connectivity index (χ3n) is 6.97. The average molecular weight is 480 g/mol. The van der Waals surface area contributed by atoms with E-state index in [4.69, 9.17) is 4.74 Å². The molecule has 2 unspecified atom stereocenters. The van der Waals surface area contributed by atoms with Gasteiger partial charge in [-0.15, -0.1) is 5.10 Å². The molecule has 0 spiro atoms. The van der Waals surface area contributed by atoms with E-state index >= 15 is 4.39 Å². The number of nitrogens with one attached hydrogen (secondary N) is 1. The van der Waals surface area contributed by atoms with Crippen molar-refractivity contribution in [3.63, 3.8) is 0 Å². The van der Waals surface area contributed by atoms with Gasteiger partial charge in [0.05, 0.1) is 11.6 Å². The van der Waals surface area contributed by atoms with Crippen LogP contribution in [-0.4, -0.2) is 57.0 Å². The number of ether oxygens (including phenoxy) is 1. The number of carbonyl (C=O) groups is 2. The van der Waals surface area contributed by atoms with E-state index in [1.807, 2.05) is 24.3 Å². The third-order valence-corrected chi connectivity index (χ3v) is 6.97. The van der Waals surface area contributed by atoms with Crippen LogP contribution in [-0.2, 0) is 20.9 Å².